The molecule has 4 rings (SSSR count). The average molecular weight is 388 g/mol. The average Bonchev–Trinajstić information content (AvgIpc) is 3.15. The van der Waals surface area contributed by atoms with E-state index in [-0.39, 0.29) is 16.9 Å². The molecule has 1 saturated carbocycles. The third kappa shape index (κ3) is 4.06. The smallest absolute Gasteiger partial charge is 0.147 e. The molecule has 1 aliphatic heterocycles. The van der Waals surface area contributed by atoms with Gasteiger partial charge >= 0.3 is 0 Å². The van der Waals surface area contributed by atoms with Gasteiger partial charge in [-0.1, -0.05) is 48.0 Å². The van der Waals surface area contributed by atoms with E-state index in [1.807, 2.05) is 0 Å². The summed E-state index contributed by atoms with van der Waals surface area (Å²) < 4.78 is 20.0. The van der Waals surface area contributed by atoms with Crippen LogP contribution in [0.5, 0.6) is 0 Å². The molecule has 2 aromatic carbocycles. The predicted octanol–water partition coefficient (Wildman–Crippen LogP) is 5.96. The SMILES string of the molecule is COC(c1cccc(Cl)c1F)C1CC(c2ccc(CN3CCCC3)cc2)C1. The molecule has 0 aromatic heterocycles. The van der Waals surface area contributed by atoms with Gasteiger partial charge < -0.3 is 4.74 Å². The standard InChI is InChI=1S/C23H27ClFNO/c1-27-23(20-5-4-6-21(24)22(20)25)19-13-18(14-19)17-9-7-16(8-10-17)15-26-11-2-3-12-26/h4-10,18-19,23H,2-3,11-15H2,1H3. The maximum atomic E-state index is 14.4. The number of rotatable bonds is 6. The third-order valence-corrected chi connectivity index (χ3v) is 6.49. The Morgan fingerprint density at radius 3 is 2.48 bits per heavy atom. The maximum Gasteiger partial charge on any atom is 0.147 e. The molecule has 1 unspecified atom stereocenters. The molecule has 2 fully saturated rings. The molecule has 2 nitrogen and oxygen atoms in total. The van der Waals surface area contributed by atoms with Gasteiger partial charge in [-0.25, -0.2) is 4.39 Å². The first-order chi connectivity index (χ1) is 13.2. The first kappa shape index (κ1) is 18.9. The highest BCUT2D eigenvalue weighted by Gasteiger charge is 2.38. The lowest BCUT2D eigenvalue weighted by Gasteiger charge is -2.40. The van der Waals surface area contributed by atoms with Crippen LogP contribution in [0.1, 0.15) is 54.4 Å². The first-order valence-electron chi connectivity index (χ1n) is 9.93. The van der Waals surface area contributed by atoms with Gasteiger partial charge in [-0.2, -0.15) is 0 Å². The minimum absolute atomic E-state index is 0.166. The van der Waals surface area contributed by atoms with E-state index >= 15 is 0 Å². The van der Waals surface area contributed by atoms with Crippen molar-refractivity contribution in [2.45, 2.75) is 44.2 Å². The van der Waals surface area contributed by atoms with Gasteiger partial charge in [-0.3, -0.25) is 4.90 Å². The monoisotopic (exact) mass is 387 g/mol. The number of ether oxygens (including phenoxy) is 1. The third-order valence-electron chi connectivity index (χ3n) is 6.20. The second-order valence-electron chi connectivity index (χ2n) is 7.95. The molecular formula is C23H27ClFNO. The topological polar surface area (TPSA) is 12.5 Å². The fourth-order valence-electron chi connectivity index (χ4n) is 4.59. The summed E-state index contributed by atoms with van der Waals surface area (Å²) in [5.41, 5.74) is 3.36. The van der Waals surface area contributed by atoms with E-state index in [1.54, 1.807) is 25.3 Å². The summed E-state index contributed by atoms with van der Waals surface area (Å²) >= 11 is 5.95. The number of nitrogens with zero attached hydrogens (tertiary/aromatic N) is 1. The summed E-state index contributed by atoms with van der Waals surface area (Å²) in [6, 6.07) is 14.2. The highest BCUT2D eigenvalue weighted by atomic mass is 35.5. The second-order valence-corrected chi connectivity index (χ2v) is 8.36. The second kappa shape index (κ2) is 8.30. The largest absolute Gasteiger partial charge is 0.376 e. The van der Waals surface area contributed by atoms with Crippen LogP contribution < -0.4 is 0 Å². The molecule has 1 saturated heterocycles. The fourth-order valence-corrected chi connectivity index (χ4v) is 4.77. The van der Waals surface area contributed by atoms with E-state index in [4.69, 9.17) is 16.3 Å². The van der Waals surface area contributed by atoms with Crippen LogP contribution in [0.2, 0.25) is 5.02 Å². The van der Waals surface area contributed by atoms with Crippen molar-refractivity contribution in [1.82, 2.24) is 4.90 Å². The molecule has 0 amide bonds. The number of likely N-dealkylation sites (tertiary alicyclic amines) is 1. The molecule has 144 valence electrons. The maximum absolute atomic E-state index is 14.4. The van der Waals surface area contributed by atoms with Crippen molar-refractivity contribution < 1.29 is 9.13 Å². The van der Waals surface area contributed by atoms with Crippen molar-refractivity contribution >= 4 is 11.6 Å². The van der Waals surface area contributed by atoms with Crippen LogP contribution in [0.25, 0.3) is 0 Å². The van der Waals surface area contributed by atoms with Gasteiger partial charge in [-0.05, 0) is 67.8 Å². The van der Waals surface area contributed by atoms with Gasteiger partial charge in [0.1, 0.15) is 5.82 Å². The number of halogens is 2. The Balaban J connectivity index is 1.37. The van der Waals surface area contributed by atoms with E-state index in [0.29, 0.717) is 17.4 Å². The van der Waals surface area contributed by atoms with Crippen LogP contribution >= 0.6 is 11.6 Å². The van der Waals surface area contributed by atoms with Gasteiger partial charge in [0.05, 0.1) is 11.1 Å². The Hall–Kier alpha value is -1.42. The predicted molar refractivity (Wildman–Crippen MR) is 108 cm³/mol. The lowest BCUT2D eigenvalue weighted by atomic mass is 9.68. The first-order valence-corrected chi connectivity index (χ1v) is 10.3. The minimum atomic E-state index is -0.347. The zero-order valence-electron chi connectivity index (χ0n) is 15.8. The lowest BCUT2D eigenvalue weighted by Crippen LogP contribution is -2.29. The Bertz CT molecular complexity index is 766. The van der Waals surface area contributed by atoms with E-state index in [2.05, 4.69) is 29.2 Å². The summed E-state index contributed by atoms with van der Waals surface area (Å²) in [4.78, 5) is 2.52. The Morgan fingerprint density at radius 2 is 1.81 bits per heavy atom. The molecule has 1 heterocycles. The molecular weight excluding hydrogens is 361 g/mol. The highest BCUT2D eigenvalue weighted by Crippen LogP contribution is 2.49. The molecule has 0 spiro atoms. The van der Waals surface area contributed by atoms with Crippen LogP contribution in [0.15, 0.2) is 42.5 Å². The summed E-state index contributed by atoms with van der Waals surface area (Å²) in [6.07, 6.45) is 4.48. The Labute approximate surface area is 166 Å². The van der Waals surface area contributed by atoms with Crippen molar-refractivity contribution in [3.8, 4) is 0 Å². The van der Waals surface area contributed by atoms with Crippen molar-refractivity contribution in [3.63, 3.8) is 0 Å². The number of benzene rings is 2. The summed E-state index contributed by atoms with van der Waals surface area (Å²) in [6.45, 7) is 3.52. The molecule has 0 N–H and O–H groups in total. The Morgan fingerprint density at radius 1 is 1.11 bits per heavy atom. The lowest BCUT2D eigenvalue weighted by molar-refractivity contribution is 0.00624. The van der Waals surface area contributed by atoms with Crippen LogP contribution in [0.4, 0.5) is 4.39 Å². The molecule has 1 atom stereocenters. The van der Waals surface area contributed by atoms with Gasteiger partial charge in [0.25, 0.3) is 0 Å². The van der Waals surface area contributed by atoms with Crippen LogP contribution in [-0.2, 0) is 11.3 Å². The van der Waals surface area contributed by atoms with Gasteiger partial charge in [0, 0.05) is 19.2 Å². The normalized spacial score (nSPS) is 24.0. The number of hydrogen-bond acceptors (Lipinski definition) is 2. The number of hydrogen-bond donors (Lipinski definition) is 0. The molecule has 2 aromatic rings. The van der Waals surface area contributed by atoms with Gasteiger partial charge in [0.15, 0.2) is 0 Å². The minimum Gasteiger partial charge on any atom is -0.376 e. The molecule has 27 heavy (non-hydrogen) atoms. The van der Waals surface area contributed by atoms with Crippen molar-refractivity contribution in [2.75, 3.05) is 20.2 Å². The zero-order valence-corrected chi connectivity index (χ0v) is 16.6. The van der Waals surface area contributed by atoms with E-state index in [9.17, 15) is 4.39 Å². The Kier molecular flexibility index (Phi) is 5.82. The van der Waals surface area contributed by atoms with Crippen LogP contribution in [-0.4, -0.2) is 25.1 Å². The molecule has 2 aliphatic rings. The summed E-state index contributed by atoms with van der Waals surface area (Å²) in [5.74, 6) is 0.522. The van der Waals surface area contributed by atoms with Crippen molar-refractivity contribution in [3.05, 3.63) is 70.0 Å². The quantitative estimate of drug-likeness (QED) is 0.606. The van der Waals surface area contributed by atoms with E-state index in [1.165, 1.54) is 37.1 Å². The summed E-state index contributed by atoms with van der Waals surface area (Å²) in [5, 5.41) is 0.166. The molecule has 1 aliphatic carbocycles. The fraction of sp³-hybridized carbons (Fsp3) is 0.478. The van der Waals surface area contributed by atoms with Crippen LogP contribution in [0.3, 0.4) is 0 Å². The van der Waals surface area contributed by atoms with Gasteiger partial charge in [-0.15, -0.1) is 0 Å². The zero-order chi connectivity index (χ0) is 18.8. The number of methoxy groups -OCH3 is 1. The van der Waals surface area contributed by atoms with E-state index < -0.39 is 0 Å². The molecule has 0 radical (unpaired) electrons. The highest BCUT2D eigenvalue weighted by molar-refractivity contribution is 6.30. The molecule has 4 heteroatoms. The van der Waals surface area contributed by atoms with Crippen molar-refractivity contribution in [1.29, 1.82) is 0 Å². The molecule has 0 bridgehead atoms. The van der Waals surface area contributed by atoms with Gasteiger partial charge in [0.2, 0.25) is 0 Å². The van der Waals surface area contributed by atoms with Crippen molar-refractivity contribution in [2.24, 2.45) is 5.92 Å². The van der Waals surface area contributed by atoms with Crippen LogP contribution in [0, 0.1) is 11.7 Å². The van der Waals surface area contributed by atoms with E-state index in [0.717, 1.165) is 19.4 Å². The summed E-state index contributed by atoms with van der Waals surface area (Å²) in [7, 11) is 1.66.